The Morgan fingerprint density at radius 2 is 1.76 bits per heavy atom. The second-order valence-electron chi connectivity index (χ2n) is 5.49. The van der Waals surface area contributed by atoms with Crippen LogP contribution in [0.5, 0.6) is 0 Å². The molecule has 0 saturated carbocycles. The van der Waals surface area contributed by atoms with Crippen molar-refractivity contribution in [2.45, 2.75) is 6.92 Å². The number of aromatic nitrogens is 1. The van der Waals surface area contributed by atoms with Crippen LogP contribution in [0.15, 0.2) is 60.9 Å². The van der Waals surface area contributed by atoms with E-state index in [2.05, 4.69) is 15.6 Å². The van der Waals surface area contributed by atoms with Crippen LogP contribution in [-0.4, -0.2) is 10.9 Å². The smallest absolute Gasteiger partial charge is 0.257 e. The van der Waals surface area contributed by atoms with Crippen molar-refractivity contribution in [1.29, 1.82) is 0 Å². The van der Waals surface area contributed by atoms with E-state index in [0.29, 0.717) is 21.3 Å². The summed E-state index contributed by atoms with van der Waals surface area (Å²) < 4.78 is 0. The maximum absolute atomic E-state index is 12.5. The van der Waals surface area contributed by atoms with E-state index >= 15 is 0 Å². The van der Waals surface area contributed by atoms with E-state index in [4.69, 9.17) is 23.2 Å². The van der Waals surface area contributed by atoms with E-state index in [0.717, 1.165) is 16.9 Å². The summed E-state index contributed by atoms with van der Waals surface area (Å²) in [5.41, 5.74) is 3.65. The molecule has 2 aromatic carbocycles. The van der Waals surface area contributed by atoms with E-state index in [1.165, 1.54) is 6.20 Å². The number of carbonyl (C=O) groups is 1. The number of amides is 1. The molecule has 0 saturated heterocycles. The normalized spacial score (nSPS) is 10.4. The zero-order chi connectivity index (χ0) is 17.8. The first-order valence-electron chi connectivity index (χ1n) is 7.57. The quantitative estimate of drug-likeness (QED) is 0.618. The van der Waals surface area contributed by atoms with Gasteiger partial charge in [0.25, 0.3) is 5.91 Å². The third-order valence-electron chi connectivity index (χ3n) is 3.60. The summed E-state index contributed by atoms with van der Waals surface area (Å²) >= 11 is 11.9. The number of hydrogen-bond donors (Lipinski definition) is 2. The van der Waals surface area contributed by atoms with Crippen molar-refractivity contribution < 1.29 is 4.79 Å². The van der Waals surface area contributed by atoms with Gasteiger partial charge in [-0.15, -0.1) is 0 Å². The number of pyridine rings is 1. The minimum absolute atomic E-state index is 0.223. The Labute approximate surface area is 155 Å². The third-order valence-corrected chi connectivity index (χ3v) is 4.34. The van der Waals surface area contributed by atoms with Crippen molar-refractivity contribution in [3.63, 3.8) is 0 Å². The van der Waals surface area contributed by atoms with Crippen LogP contribution in [-0.2, 0) is 0 Å². The van der Waals surface area contributed by atoms with Gasteiger partial charge in [-0.25, -0.2) is 0 Å². The van der Waals surface area contributed by atoms with Gasteiger partial charge in [-0.2, -0.15) is 0 Å². The zero-order valence-electron chi connectivity index (χ0n) is 13.4. The van der Waals surface area contributed by atoms with Gasteiger partial charge in [0.1, 0.15) is 0 Å². The molecule has 3 aromatic rings. The molecule has 0 spiro atoms. The summed E-state index contributed by atoms with van der Waals surface area (Å²) in [6.45, 7) is 1.94. The van der Waals surface area contributed by atoms with Gasteiger partial charge in [-0.1, -0.05) is 41.4 Å². The number of aryl methyl sites for hydroxylation is 1. The zero-order valence-corrected chi connectivity index (χ0v) is 14.9. The van der Waals surface area contributed by atoms with Crippen molar-refractivity contribution in [3.8, 4) is 0 Å². The molecule has 6 heteroatoms. The first-order valence-corrected chi connectivity index (χ1v) is 8.32. The van der Waals surface area contributed by atoms with Crippen molar-refractivity contribution >= 4 is 46.2 Å². The molecule has 0 bridgehead atoms. The van der Waals surface area contributed by atoms with E-state index in [9.17, 15) is 4.79 Å². The summed E-state index contributed by atoms with van der Waals surface area (Å²) in [7, 11) is 0. The Bertz CT molecular complexity index is 928. The SMILES string of the molecule is Cc1ccccc1NC(=O)c1cncc(Nc2ccc(Cl)c(Cl)c2)c1. The van der Waals surface area contributed by atoms with Gasteiger partial charge in [-0.3, -0.25) is 9.78 Å². The molecule has 25 heavy (non-hydrogen) atoms. The Balaban J connectivity index is 1.77. The second kappa shape index (κ2) is 7.55. The largest absolute Gasteiger partial charge is 0.354 e. The number of carbonyl (C=O) groups excluding carboxylic acids is 1. The molecule has 1 amide bonds. The van der Waals surface area contributed by atoms with Gasteiger partial charge in [0.05, 0.1) is 27.5 Å². The van der Waals surface area contributed by atoms with Gasteiger partial charge in [0.2, 0.25) is 0 Å². The highest BCUT2D eigenvalue weighted by molar-refractivity contribution is 6.42. The molecule has 0 radical (unpaired) electrons. The number of halogens is 2. The molecule has 0 fully saturated rings. The van der Waals surface area contributed by atoms with E-state index < -0.39 is 0 Å². The molecular formula is C19H15Cl2N3O. The Morgan fingerprint density at radius 3 is 2.52 bits per heavy atom. The number of nitrogens with one attached hydrogen (secondary N) is 2. The van der Waals surface area contributed by atoms with Crippen molar-refractivity contribution in [3.05, 3.63) is 82.1 Å². The van der Waals surface area contributed by atoms with Crippen LogP contribution in [0.3, 0.4) is 0 Å². The molecule has 0 aliphatic heterocycles. The Kier molecular flexibility index (Phi) is 5.22. The lowest BCUT2D eigenvalue weighted by atomic mass is 10.2. The van der Waals surface area contributed by atoms with Crippen LogP contribution in [0.4, 0.5) is 17.1 Å². The molecule has 1 heterocycles. The molecule has 126 valence electrons. The van der Waals surface area contributed by atoms with E-state index in [1.807, 2.05) is 31.2 Å². The van der Waals surface area contributed by atoms with Crippen molar-refractivity contribution in [2.24, 2.45) is 0 Å². The maximum Gasteiger partial charge on any atom is 0.257 e. The van der Waals surface area contributed by atoms with Gasteiger partial charge >= 0.3 is 0 Å². The number of hydrogen-bond acceptors (Lipinski definition) is 3. The van der Waals surface area contributed by atoms with Crippen LogP contribution in [0.1, 0.15) is 15.9 Å². The summed E-state index contributed by atoms with van der Waals surface area (Å²) in [6.07, 6.45) is 3.15. The summed E-state index contributed by atoms with van der Waals surface area (Å²) in [5, 5.41) is 6.98. The monoisotopic (exact) mass is 371 g/mol. The lowest BCUT2D eigenvalue weighted by Crippen LogP contribution is -2.13. The topological polar surface area (TPSA) is 54.0 Å². The van der Waals surface area contributed by atoms with Crippen molar-refractivity contribution in [1.82, 2.24) is 4.98 Å². The van der Waals surface area contributed by atoms with Gasteiger partial charge in [-0.05, 0) is 42.8 Å². The lowest BCUT2D eigenvalue weighted by molar-refractivity contribution is 0.102. The molecular weight excluding hydrogens is 357 g/mol. The third kappa shape index (κ3) is 4.29. The maximum atomic E-state index is 12.5. The van der Waals surface area contributed by atoms with Crippen LogP contribution in [0.2, 0.25) is 10.0 Å². The molecule has 0 aliphatic rings. The summed E-state index contributed by atoms with van der Waals surface area (Å²) in [6, 6.07) is 14.5. The highest BCUT2D eigenvalue weighted by Gasteiger charge is 2.09. The number of benzene rings is 2. The molecule has 3 rings (SSSR count). The Morgan fingerprint density at radius 1 is 0.960 bits per heavy atom. The minimum atomic E-state index is -0.223. The average Bonchev–Trinajstić information content (AvgIpc) is 2.60. The summed E-state index contributed by atoms with van der Waals surface area (Å²) in [4.78, 5) is 16.6. The fraction of sp³-hybridized carbons (Fsp3) is 0.0526. The molecule has 0 aliphatic carbocycles. The number of para-hydroxylation sites is 1. The molecule has 0 unspecified atom stereocenters. The van der Waals surface area contributed by atoms with Crippen molar-refractivity contribution in [2.75, 3.05) is 10.6 Å². The van der Waals surface area contributed by atoms with E-state index in [-0.39, 0.29) is 5.91 Å². The number of anilines is 3. The van der Waals surface area contributed by atoms with Gasteiger partial charge < -0.3 is 10.6 Å². The van der Waals surface area contributed by atoms with Crippen LogP contribution < -0.4 is 10.6 Å². The minimum Gasteiger partial charge on any atom is -0.354 e. The first-order chi connectivity index (χ1) is 12.0. The second-order valence-corrected chi connectivity index (χ2v) is 6.30. The molecule has 4 nitrogen and oxygen atoms in total. The number of rotatable bonds is 4. The summed E-state index contributed by atoms with van der Waals surface area (Å²) in [5.74, 6) is -0.223. The number of nitrogens with zero attached hydrogens (tertiary/aromatic N) is 1. The van der Waals surface area contributed by atoms with Gasteiger partial charge in [0.15, 0.2) is 0 Å². The van der Waals surface area contributed by atoms with Gasteiger partial charge in [0, 0.05) is 17.6 Å². The first kappa shape index (κ1) is 17.3. The van der Waals surface area contributed by atoms with Crippen LogP contribution in [0, 0.1) is 6.92 Å². The molecule has 2 N–H and O–H groups in total. The van der Waals surface area contributed by atoms with E-state index in [1.54, 1.807) is 30.5 Å². The fourth-order valence-electron chi connectivity index (χ4n) is 2.28. The molecule has 1 aromatic heterocycles. The van der Waals surface area contributed by atoms with Crippen LogP contribution >= 0.6 is 23.2 Å². The highest BCUT2D eigenvalue weighted by Crippen LogP contribution is 2.27. The molecule has 0 atom stereocenters. The van der Waals surface area contributed by atoms with Crippen LogP contribution in [0.25, 0.3) is 0 Å². The predicted octanol–water partition coefficient (Wildman–Crippen LogP) is 5.69. The average molecular weight is 372 g/mol. The Hall–Kier alpha value is -2.56. The lowest BCUT2D eigenvalue weighted by Gasteiger charge is -2.10. The predicted molar refractivity (Wildman–Crippen MR) is 103 cm³/mol. The standard InChI is InChI=1S/C19H15Cl2N3O/c1-12-4-2-3-5-18(12)24-19(25)13-8-15(11-22-10-13)23-14-6-7-16(20)17(21)9-14/h2-11,23H,1H3,(H,24,25). The fourth-order valence-corrected chi connectivity index (χ4v) is 2.58. The highest BCUT2D eigenvalue weighted by atomic mass is 35.5.